The maximum Gasteiger partial charge on any atom is 0.187 e. The smallest absolute Gasteiger partial charge is 0.187 e. The fraction of sp³-hybridized carbons (Fsp3) is 0.409. The first kappa shape index (κ1) is 17.9. The van der Waals surface area contributed by atoms with E-state index < -0.39 is 0 Å². The number of hydrogen-bond acceptors (Lipinski definition) is 4. The quantitative estimate of drug-likeness (QED) is 0.839. The third kappa shape index (κ3) is 3.28. The van der Waals surface area contributed by atoms with Crippen LogP contribution in [0.1, 0.15) is 43.4 Å². The molecule has 4 rings (SSSR count). The van der Waals surface area contributed by atoms with E-state index in [-0.39, 0.29) is 18.1 Å². The summed E-state index contributed by atoms with van der Waals surface area (Å²) in [5, 5.41) is 9.53. The lowest BCUT2D eigenvalue weighted by Gasteiger charge is -2.31. The van der Waals surface area contributed by atoms with Gasteiger partial charge in [-0.2, -0.15) is 0 Å². The predicted octanol–water partition coefficient (Wildman–Crippen LogP) is 3.62. The topological polar surface area (TPSA) is 60.7 Å². The Bertz CT molecular complexity index is 944. The SMILES string of the molecule is C=C1COc2cc3c(cc2OC1)-c1cc(=O)c(CO)cn1C(CCCC)C3. The average Bonchev–Trinajstić information content (AvgIpc) is 2.85. The van der Waals surface area contributed by atoms with Crippen LogP contribution >= 0.6 is 0 Å². The van der Waals surface area contributed by atoms with E-state index in [0.717, 1.165) is 48.3 Å². The maximum absolute atomic E-state index is 12.4. The highest BCUT2D eigenvalue weighted by Crippen LogP contribution is 2.42. The largest absolute Gasteiger partial charge is 0.485 e. The summed E-state index contributed by atoms with van der Waals surface area (Å²) in [6.07, 6.45) is 5.96. The number of hydrogen-bond donors (Lipinski definition) is 1. The molecule has 2 aliphatic rings. The van der Waals surface area contributed by atoms with Gasteiger partial charge in [-0.05, 0) is 36.1 Å². The van der Waals surface area contributed by atoms with Crippen molar-refractivity contribution in [3.05, 3.63) is 57.9 Å². The van der Waals surface area contributed by atoms with E-state index in [2.05, 4.69) is 24.1 Å². The Morgan fingerprint density at radius 1 is 1.22 bits per heavy atom. The number of benzene rings is 1. The summed E-state index contributed by atoms with van der Waals surface area (Å²) in [6.45, 7) is 6.78. The molecule has 1 aromatic carbocycles. The normalized spacial score (nSPS) is 17.9. The summed E-state index contributed by atoms with van der Waals surface area (Å²) in [7, 11) is 0. The fourth-order valence-electron chi connectivity index (χ4n) is 3.90. The second kappa shape index (κ2) is 7.24. The van der Waals surface area contributed by atoms with Crippen molar-refractivity contribution in [2.24, 2.45) is 0 Å². The van der Waals surface area contributed by atoms with E-state index in [4.69, 9.17) is 9.47 Å². The minimum absolute atomic E-state index is 0.133. The van der Waals surface area contributed by atoms with Gasteiger partial charge < -0.3 is 19.1 Å². The lowest BCUT2D eigenvalue weighted by molar-refractivity contribution is 0.278. The number of rotatable bonds is 4. The monoisotopic (exact) mass is 367 g/mol. The number of pyridine rings is 1. The van der Waals surface area contributed by atoms with Crippen LogP contribution in [0.4, 0.5) is 0 Å². The van der Waals surface area contributed by atoms with Crippen molar-refractivity contribution < 1.29 is 14.6 Å². The van der Waals surface area contributed by atoms with Gasteiger partial charge in [-0.1, -0.05) is 26.3 Å². The van der Waals surface area contributed by atoms with Crippen molar-refractivity contribution in [2.75, 3.05) is 13.2 Å². The second-order valence-electron chi connectivity index (χ2n) is 7.40. The standard InChI is InChI=1S/C22H25NO4/c1-3-4-5-17-6-15-7-21-22(27-13-14(2)12-26-21)8-18(15)19-9-20(25)16(11-24)10-23(17)19/h7-10,17,24H,2-6,11-13H2,1H3. The number of aliphatic hydroxyl groups excluding tert-OH is 1. The van der Waals surface area contributed by atoms with Gasteiger partial charge in [0.1, 0.15) is 13.2 Å². The van der Waals surface area contributed by atoms with Crippen LogP contribution in [0.5, 0.6) is 11.5 Å². The molecule has 5 nitrogen and oxygen atoms in total. The van der Waals surface area contributed by atoms with Gasteiger partial charge in [0.05, 0.1) is 12.3 Å². The van der Waals surface area contributed by atoms with Crippen LogP contribution in [0.2, 0.25) is 0 Å². The molecule has 142 valence electrons. The summed E-state index contributed by atoms with van der Waals surface area (Å²) in [5.74, 6) is 1.43. The average molecular weight is 367 g/mol. The van der Waals surface area contributed by atoms with E-state index in [1.807, 2.05) is 12.3 Å². The number of aliphatic hydroxyl groups is 1. The van der Waals surface area contributed by atoms with E-state index in [1.165, 1.54) is 5.56 Å². The van der Waals surface area contributed by atoms with Crippen LogP contribution < -0.4 is 14.9 Å². The highest BCUT2D eigenvalue weighted by Gasteiger charge is 2.27. The Balaban J connectivity index is 1.85. The minimum atomic E-state index is -0.240. The van der Waals surface area contributed by atoms with Gasteiger partial charge in [0.15, 0.2) is 16.9 Å². The van der Waals surface area contributed by atoms with Gasteiger partial charge >= 0.3 is 0 Å². The first-order chi connectivity index (χ1) is 13.1. The minimum Gasteiger partial charge on any atom is -0.485 e. The third-order valence-corrected chi connectivity index (χ3v) is 5.38. The molecule has 0 saturated heterocycles. The number of unbranched alkanes of at least 4 members (excludes halogenated alkanes) is 1. The van der Waals surface area contributed by atoms with Crippen molar-refractivity contribution >= 4 is 0 Å². The zero-order valence-electron chi connectivity index (χ0n) is 15.7. The van der Waals surface area contributed by atoms with Crippen molar-refractivity contribution in [1.82, 2.24) is 4.57 Å². The number of fused-ring (bicyclic) bond motifs is 4. The Hall–Kier alpha value is -2.53. The first-order valence-electron chi connectivity index (χ1n) is 9.56. The van der Waals surface area contributed by atoms with Crippen LogP contribution in [0.25, 0.3) is 11.3 Å². The van der Waals surface area contributed by atoms with E-state index in [0.29, 0.717) is 24.5 Å². The molecule has 1 atom stereocenters. The molecule has 0 fully saturated rings. The lowest BCUT2D eigenvalue weighted by atomic mass is 9.89. The number of aromatic nitrogens is 1. The van der Waals surface area contributed by atoms with Crippen LogP contribution in [-0.2, 0) is 13.0 Å². The van der Waals surface area contributed by atoms with Crippen LogP contribution in [0.3, 0.4) is 0 Å². The van der Waals surface area contributed by atoms with Crippen LogP contribution in [0, 0.1) is 0 Å². The molecule has 0 saturated carbocycles. The van der Waals surface area contributed by atoms with Crippen molar-refractivity contribution in [1.29, 1.82) is 0 Å². The Morgan fingerprint density at radius 3 is 2.67 bits per heavy atom. The number of nitrogens with zero attached hydrogens (tertiary/aromatic N) is 1. The highest BCUT2D eigenvalue weighted by atomic mass is 16.5. The molecule has 3 heterocycles. The van der Waals surface area contributed by atoms with Gasteiger partial charge in [-0.3, -0.25) is 4.79 Å². The highest BCUT2D eigenvalue weighted by molar-refractivity contribution is 5.71. The molecule has 0 aliphatic carbocycles. The Kier molecular flexibility index (Phi) is 4.79. The molecule has 1 aromatic heterocycles. The second-order valence-corrected chi connectivity index (χ2v) is 7.40. The summed E-state index contributed by atoms with van der Waals surface area (Å²) in [4.78, 5) is 12.4. The van der Waals surface area contributed by atoms with Gasteiger partial charge in [0, 0.05) is 29.4 Å². The molecule has 0 spiro atoms. The Labute approximate surface area is 158 Å². The summed E-state index contributed by atoms with van der Waals surface area (Å²) >= 11 is 0. The van der Waals surface area contributed by atoms with Crippen LogP contribution in [-0.4, -0.2) is 22.9 Å². The molecule has 2 aliphatic heterocycles. The third-order valence-electron chi connectivity index (χ3n) is 5.38. The zero-order valence-corrected chi connectivity index (χ0v) is 15.7. The number of ether oxygens (including phenoxy) is 2. The molecular formula is C22H25NO4. The molecule has 2 aromatic rings. The van der Waals surface area contributed by atoms with E-state index >= 15 is 0 Å². The molecule has 0 bridgehead atoms. The van der Waals surface area contributed by atoms with Crippen molar-refractivity contribution in [2.45, 2.75) is 45.3 Å². The summed E-state index contributed by atoms with van der Waals surface area (Å²) in [6, 6.07) is 5.93. The van der Waals surface area contributed by atoms with Gasteiger partial charge in [-0.25, -0.2) is 0 Å². The molecular weight excluding hydrogens is 342 g/mol. The molecule has 1 unspecified atom stereocenters. The van der Waals surface area contributed by atoms with E-state index in [1.54, 1.807) is 6.07 Å². The molecule has 0 radical (unpaired) electrons. The molecule has 0 amide bonds. The van der Waals surface area contributed by atoms with E-state index in [9.17, 15) is 9.90 Å². The maximum atomic E-state index is 12.4. The molecule has 5 heteroatoms. The van der Waals surface area contributed by atoms with Gasteiger partial charge in [0.25, 0.3) is 0 Å². The Morgan fingerprint density at radius 2 is 1.96 bits per heavy atom. The van der Waals surface area contributed by atoms with Gasteiger partial charge in [-0.15, -0.1) is 0 Å². The summed E-state index contributed by atoms with van der Waals surface area (Å²) < 4.78 is 13.9. The molecule has 1 N–H and O–H groups in total. The zero-order chi connectivity index (χ0) is 19.0. The predicted molar refractivity (Wildman–Crippen MR) is 104 cm³/mol. The van der Waals surface area contributed by atoms with Gasteiger partial charge in [0.2, 0.25) is 0 Å². The molecule has 27 heavy (non-hydrogen) atoms. The summed E-state index contributed by atoms with van der Waals surface area (Å²) in [5.41, 5.74) is 4.25. The van der Waals surface area contributed by atoms with Crippen molar-refractivity contribution in [3.8, 4) is 22.8 Å². The fourth-order valence-corrected chi connectivity index (χ4v) is 3.90. The van der Waals surface area contributed by atoms with Crippen LogP contribution in [0.15, 0.2) is 41.3 Å². The van der Waals surface area contributed by atoms with Crippen molar-refractivity contribution in [3.63, 3.8) is 0 Å². The first-order valence-corrected chi connectivity index (χ1v) is 9.56. The lowest BCUT2D eigenvalue weighted by Crippen LogP contribution is -2.24.